The third kappa shape index (κ3) is 4.26. The van der Waals surface area contributed by atoms with Crippen molar-refractivity contribution in [3.8, 4) is 16.9 Å². The highest BCUT2D eigenvalue weighted by Crippen LogP contribution is 2.33. The highest BCUT2D eigenvalue weighted by Gasteiger charge is 2.10. The minimum Gasteiger partial charge on any atom is -0.493 e. The van der Waals surface area contributed by atoms with Gasteiger partial charge in [0.05, 0.1) is 6.61 Å². The van der Waals surface area contributed by atoms with Gasteiger partial charge in [-0.05, 0) is 43.5 Å². The summed E-state index contributed by atoms with van der Waals surface area (Å²) in [5, 5.41) is 0. The summed E-state index contributed by atoms with van der Waals surface area (Å²) in [5.74, 6) is 0.896. The fourth-order valence-corrected chi connectivity index (χ4v) is 2.43. The molecule has 3 heteroatoms. The van der Waals surface area contributed by atoms with Gasteiger partial charge in [0, 0.05) is 5.56 Å². The predicted molar refractivity (Wildman–Crippen MR) is 91.3 cm³/mol. The van der Waals surface area contributed by atoms with Crippen LogP contribution in [0.2, 0.25) is 0 Å². The predicted octanol–water partition coefficient (Wildman–Crippen LogP) is 5.92. The normalized spacial score (nSPS) is 10.3. The molecule has 0 aromatic heterocycles. The number of hydrogen-bond acceptors (Lipinski definition) is 1. The molecule has 0 saturated heterocycles. The van der Waals surface area contributed by atoms with Crippen LogP contribution < -0.4 is 4.74 Å². The van der Waals surface area contributed by atoms with Crippen molar-refractivity contribution in [1.82, 2.24) is 0 Å². The van der Waals surface area contributed by atoms with Gasteiger partial charge in [0.25, 0.3) is 0 Å². The van der Waals surface area contributed by atoms with E-state index in [1.807, 2.05) is 25.1 Å². The van der Waals surface area contributed by atoms with E-state index in [4.69, 9.17) is 27.9 Å². The van der Waals surface area contributed by atoms with Crippen LogP contribution in [-0.2, 0) is 6.42 Å². The van der Waals surface area contributed by atoms with Gasteiger partial charge in [-0.3, -0.25) is 0 Å². The zero-order chi connectivity index (χ0) is 15.2. The van der Waals surface area contributed by atoms with Crippen molar-refractivity contribution in [3.63, 3.8) is 0 Å². The van der Waals surface area contributed by atoms with Gasteiger partial charge < -0.3 is 4.74 Å². The Morgan fingerprint density at radius 1 is 1.10 bits per heavy atom. The Hall–Kier alpha value is -1.44. The van der Waals surface area contributed by atoms with Crippen molar-refractivity contribution in [3.05, 3.63) is 64.2 Å². The van der Waals surface area contributed by atoms with E-state index in [1.54, 1.807) is 6.08 Å². The quantitative estimate of drug-likeness (QED) is 0.664. The average Bonchev–Trinajstić information content (AvgIpc) is 2.47. The summed E-state index contributed by atoms with van der Waals surface area (Å²) in [6.07, 6.45) is 2.50. The fourth-order valence-electron chi connectivity index (χ4n) is 2.28. The third-order valence-corrected chi connectivity index (χ3v) is 3.53. The molecule has 0 N–H and O–H groups in total. The molecule has 0 saturated carbocycles. The summed E-state index contributed by atoms with van der Waals surface area (Å²) in [4.78, 5) is 0. The van der Waals surface area contributed by atoms with Crippen LogP contribution in [-0.4, -0.2) is 6.61 Å². The zero-order valence-corrected chi connectivity index (χ0v) is 13.7. The Labute approximate surface area is 136 Å². The van der Waals surface area contributed by atoms with E-state index in [9.17, 15) is 0 Å². The van der Waals surface area contributed by atoms with Crippen molar-refractivity contribution < 1.29 is 4.74 Å². The molecule has 110 valence electrons. The van der Waals surface area contributed by atoms with Gasteiger partial charge in [0.15, 0.2) is 0 Å². The molecule has 0 aliphatic heterocycles. The van der Waals surface area contributed by atoms with Crippen molar-refractivity contribution in [2.24, 2.45) is 0 Å². The second-order valence-corrected chi connectivity index (χ2v) is 5.80. The van der Waals surface area contributed by atoms with Crippen LogP contribution in [0.1, 0.15) is 18.1 Å². The molecule has 0 unspecified atom stereocenters. The molecular weight excluding hydrogens is 303 g/mol. The lowest BCUT2D eigenvalue weighted by Crippen LogP contribution is -1.96. The number of rotatable bonds is 5. The smallest absolute Gasteiger partial charge is 0.127 e. The maximum atomic E-state index is 5.74. The number of ether oxygens (including phenoxy) is 1. The number of benzene rings is 2. The number of aryl methyl sites for hydroxylation is 1. The van der Waals surface area contributed by atoms with Crippen LogP contribution in [0.15, 0.2) is 53.0 Å². The lowest BCUT2D eigenvalue weighted by atomic mass is 9.95. The van der Waals surface area contributed by atoms with Gasteiger partial charge >= 0.3 is 0 Å². The van der Waals surface area contributed by atoms with E-state index in [2.05, 4.69) is 31.2 Å². The largest absolute Gasteiger partial charge is 0.493 e. The summed E-state index contributed by atoms with van der Waals surface area (Å²) in [6.45, 7) is 4.72. The molecule has 2 rings (SSSR count). The molecule has 0 aliphatic rings. The molecule has 0 aliphatic carbocycles. The maximum absolute atomic E-state index is 5.74. The van der Waals surface area contributed by atoms with Crippen molar-refractivity contribution in [2.75, 3.05) is 6.61 Å². The topological polar surface area (TPSA) is 9.23 Å². The van der Waals surface area contributed by atoms with Crippen molar-refractivity contribution in [2.45, 2.75) is 20.3 Å². The van der Waals surface area contributed by atoms with Crippen LogP contribution in [0, 0.1) is 6.92 Å². The minimum atomic E-state index is 0.291. The second kappa shape index (κ2) is 7.53. The summed E-state index contributed by atoms with van der Waals surface area (Å²) < 4.78 is 6.04. The molecule has 0 fully saturated rings. The van der Waals surface area contributed by atoms with Crippen LogP contribution in [0.5, 0.6) is 5.75 Å². The van der Waals surface area contributed by atoms with Gasteiger partial charge in [-0.2, -0.15) is 0 Å². The molecule has 21 heavy (non-hydrogen) atoms. The van der Waals surface area contributed by atoms with E-state index < -0.39 is 0 Å². The standard InChI is InChI=1S/C18H18Cl2O/c1-3-21-17-7-5-4-6-15(17)16-12-13(2)8-9-14(16)10-11-18(19)20/h4-9,11-12H,3,10H2,1-2H3. The van der Waals surface area contributed by atoms with Gasteiger partial charge in [0.1, 0.15) is 10.2 Å². The molecule has 0 amide bonds. The van der Waals surface area contributed by atoms with Gasteiger partial charge in [0.2, 0.25) is 0 Å². The van der Waals surface area contributed by atoms with Crippen LogP contribution >= 0.6 is 23.2 Å². The van der Waals surface area contributed by atoms with Crippen LogP contribution in [0.3, 0.4) is 0 Å². The van der Waals surface area contributed by atoms with E-state index in [0.29, 0.717) is 17.5 Å². The second-order valence-electron chi connectivity index (χ2n) is 4.79. The van der Waals surface area contributed by atoms with E-state index >= 15 is 0 Å². The number of allylic oxidation sites excluding steroid dienone is 1. The van der Waals surface area contributed by atoms with Crippen LogP contribution in [0.25, 0.3) is 11.1 Å². The lowest BCUT2D eigenvalue weighted by Gasteiger charge is -2.14. The molecule has 2 aromatic carbocycles. The first-order valence-corrected chi connectivity index (χ1v) is 7.70. The van der Waals surface area contributed by atoms with Crippen molar-refractivity contribution in [1.29, 1.82) is 0 Å². The van der Waals surface area contributed by atoms with E-state index in [-0.39, 0.29) is 0 Å². The highest BCUT2D eigenvalue weighted by molar-refractivity contribution is 6.55. The molecule has 0 bridgehead atoms. The Morgan fingerprint density at radius 3 is 2.57 bits per heavy atom. The number of halogens is 2. The Bertz CT molecular complexity index is 643. The van der Waals surface area contributed by atoms with Crippen molar-refractivity contribution >= 4 is 23.2 Å². The Morgan fingerprint density at radius 2 is 1.86 bits per heavy atom. The molecule has 0 radical (unpaired) electrons. The number of para-hydroxylation sites is 1. The lowest BCUT2D eigenvalue weighted by molar-refractivity contribution is 0.341. The van der Waals surface area contributed by atoms with Crippen LogP contribution in [0.4, 0.5) is 0 Å². The fraction of sp³-hybridized carbons (Fsp3) is 0.222. The first kappa shape index (κ1) is 15.9. The average molecular weight is 321 g/mol. The molecule has 2 aromatic rings. The van der Waals surface area contributed by atoms with Gasteiger partial charge in [-0.1, -0.05) is 65.2 Å². The van der Waals surface area contributed by atoms with E-state index in [0.717, 1.165) is 16.9 Å². The first-order valence-electron chi connectivity index (χ1n) is 6.94. The minimum absolute atomic E-state index is 0.291. The Balaban J connectivity index is 2.51. The summed E-state index contributed by atoms with van der Waals surface area (Å²) in [6, 6.07) is 14.5. The molecule has 0 heterocycles. The summed E-state index contributed by atoms with van der Waals surface area (Å²) in [5.41, 5.74) is 4.63. The molecular formula is C18H18Cl2O. The molecule has 0 spiro atoms. The molecule has 0 atom stereocenters. The monoisotopic (exact) mass is 320 g/mol. The molecule has 1 nitrogen and oxygen atoms in total. The van der Waals surface area contributed by atoms with Gasteiger partial charge in [-0.15, -0.1) is 0 Å². The van der Waals surface area contributed by atoms with E-state index in [1.165, 1.54) is 11.1 Å². The first-order chi connectivity index (χ1) is 10.1. The Kier molecular flexibility index (Phi) is 5.72. The number of hydrogen-bond donors (Lipinski definition) is 0. The highest BCUT2D eigenvalue weighted by atomic mass is 35.5. The maximum Gasteiger partial charge on any atom is 0.127 e. The zero-order valence-electron chi connectivity index (χ0n) is 12.2. The summed E-state index contributed by atoms with van der Waals surface area (Å²) >= 11 is 11.5. The summed E-state index contributed by atoms with van der Waals surface area (Å²) in [7, 11) is 0. The SMILES string of the molecule is CCOc1ccccc1-c1cc(C)ccc1CC=C(Cl)Cl. The third-order valence-electron chi connectivity index (χ3n) is 3.22. The van der Waals surface area contributed by atoms with Gasteiger partial charge in [-0.25, -0.2) is 0 Å².